The Morgan fingerprint density at radius 3 is 2.88 bits per heavy atom. The van der Waals surface area contributed by atoms with E-state index in [0.29, 0.717) is 17.0 Å². The molecule has 5 nitrogen and oxygen atoms in total. The van der Waals surface area contributed by atoms with Gasteiger partial charge in [0.15, 0.2) is 11.3 Å². The van der Waals surface area contributed by atoms with Crippen molar-refractivity contribution in [2.24, 2.45) is 0 Å². The molecule has 0 saturated heterocycles. The van der Waals surface area contributed by atoms with Gasteiger partial charge < -0.3 is 19.4 Å². The van der Waals surface area contributed by atoms with E-state index >= 15 is 0 Å². The topological polar surface area (TPSA) is 74.4 Å². The number of benzene rings is 1. The number of ether oxygens (including phenoxy) is 1. The number of hydrogen-bond donors (Lipinski definition) is 1. The monoisotopic (exact) mass is 230 g/mol. The number of hydrogen-bond acceptors (Lipinski definition) is 5. The molecular formula is C12H10N2O3. The third-order valence-electron chi connectivity index (χ3n) is 2.56. The van der Waals surface area contributed by atoms with Crippen molar-refractivity contribution in [1.29, 1.82) is 0 Å². The molecule has 0 fully saturated rings. The van der Waals surface area contributed by atoms with Gasteiger partial charge in [-0.25, -0.2) is 0 Å². The molecule has 86 valence electrons. The van der Waals surface area contributed by atoms with E-state index in [0.717, 1.165) is 10.9 Å². The number of aromatic nitrogens is 1. The van der Waals surface area contributed by atoms with Crippen molar-refractivity contribution in [3.63, 3.8) is 0 Å². The van der Waals surface area contributed by atoms with Crippen LogP contribution in [0.4, 0.5) is 5.88 Å². The third kappa shape index (κ3) is 1.52. The average Bonchev–Trinajstić information content (AvgIpc) is 2.95. The fourth-order valence-corrected chi connectivity index (χ4v) is 1.77. The van der Waals surface area contributed by atoms with E-state index in [-0.39, 0.29) is 5.88 Å². The van der Waals surface area contributed by atoms with Crippen LogP contribution in [-0.2, 0) is 0 Å². The molecule has 0 spiro atoms. The van der Waals surface area contributed by atoms with Crippen LogP contribution >= 0.6 is 0 Å². The Kier molecular flexibility index (Phi) is 2.04. The van der Waals surface area contributed by atoms with Crippen LogP contribution in [0.5, 0.6) is 5.75 Å². The second-order valence-corrected chi connectivity index (χ2v) is 3.63. The lowest BCUT2D eigenvalue weighted by Gasteiger charge is -2.03. The zero-order valence-electron chi connectivity index (χ0n) is 9.14. The van der Waals surface area contributed by atoms with E-state index in [1.165, 1.54) is 0 Å². The zero-order chi connectivity index (χ0) is 11.8. The number of nitrogens with two attached hydrogens (primary N) is 1. The number of anilines is 1. The SMILES string of the molecule is COc1cc(-c2cc(N)on2)cc2ccoc12. The maximum Gasteiger partial charge on any atom is 0.222 e. The second kappa shape index (κ2) is 3.55. The molecule has 3 rings (SSSR count). The minimum atomic E-state index is 0.284. The minimum absolute atomic E-state index is 0.284. The summed E-state index contributed by atoms with van der Waals surface area (Å²) in [5.74, 6) is 0.940. The summed E-state index contributed by atoms with van der Waals surface area (Å²) < 4.78 is 15.5. The Hall–Kier alpha value is -2.43. The number of nitrogen functional groups attached to an aromatic ring is 1. The van der Waals surface area contributed by atoms with Gasteiger partial charge in [0.05, 0.1) is 13.4 Å². The highest BCUT2D eigenvalue weighted by Crippen LogP contribution is 2.33. The van der Waals surface area contributed by atoms with Gasteiger partial charge in [0, 0.05) is 17.0 Å². The number of furan rings is 1. The summed E-state index contributed by atoms with van der Waals surface area (Å²) in [5.41, 5.74) is 7.76. The molecule has 0 aliphatic heterocycles. The lowest BCUT2D eigenvalue weighted by atomic mass is 10.1. The van der Waals surface area contributed by atoms with E-state index in [1.807, 2.05) is 18.2 Å². The summed E-state index contributed by atoms with van der Waals surface area (Å²) in [4.78, 5) is 0. The standard InChI is InChI=1S/C12H10N2O3/c1-15-10-5-8(9-6-11(13)17-14-9)4-7-2-3-16-12(7)10/h2-6H,13H2,1H3. The summed E-state index contributed by atoms with van der Waals surface area (Å²) in [6.07, 6.45) is 1.62. The van der Waals surface area contributed by atoms with E-state index in [1.54, 1.807) is 19.4 Å². The van der Waals surface area contributed by atoms with Gasteiger partial charge in [0.2, 0.25) is 5.88 Å². The van der Waals surface area contributed by atoms with Crippen molar-refractivity contribution in [1.82, 2.24) is 5.16 Å². The highest BCUT2D eigenvalue weighted by Gasteiger charge is 2.11. The number of fused-ring (bicyclic) bond motifs is 1. The molecule has 5 heteroatoms. The van der Waals surface area contributed by atoms with Crippen molar-refractivity contribution in [2.75, 3.05) is 12.8 Å². The van der Waals surface area contributed by atoms with E-state index < -0.39 is 0 Å². The lowest BCUT2D eigenvalue weighted by Crippen LogP contribution is -1.85. The Labute approximate surface area is 96.7 Å². The van der Waals surface area contributed by atoms with Gasteiger partial charge in [-0.15, -0.1) is 0 Å². The van der Waals surface area contributed by atoms with Crippen LogP contribution in [0.2, 0.25) is 0 Å². The summed E-state index contributed by atoms with van der Waals surface area (Å²) in [7, 11) is 1.60. The summed E-state index contributed by atoms with van der Waals surface area (Å²) in [6.45, 7) is 0. The summed E-state index contributed by atoms with van der Waals surface area (Å²) >= 11 is 0. The minimum Gasteiger partial charge on any atom is -0.493 e. The van der Waals surface area contributed by atoms with Crippen LogP contribution < -0.4 is 10.5 Å². The molecule has 0 aliphatic rings. The fraction of sp³-hybridized carbons (Fsp3) is 0.0833. The molecule has 2 N–H and O–H groups in total. The normalized spacial score (nSPS) is 10.9. The van der Waals surface area contributed by atoms with Gasteiger partial charge in [0.25, 0.3) is 0 Å². The first-order valence-electron chi connectivity index (χ1n) is 5.06. The maximum atomic E-state index is 5.50. The van der Waals surface area contributed by atoms with E-state index in [9.17, 15) is 0 Å². The molecule has 0 saturated carbocycles. The van der Waals surface area contributed by atoms with Gasteiger partial charge in [-0.2, -0.15) is 0 Å². The molecule has 1 aromatic carbocycles. The number of nitrogens with zero attached hydrogens (tertiary/aromatic N) is 1. The van der Waals surface area contributed by atoms with Crippen LogP contribution in [0.3, 0.4) is 0 Å². The van der Waals surface area contributed by atoms with Gasteiger partial charge in [-0.05, 0) is 18.2 Å². The molecule has 2 heterocycles. The highest BCUT2D eigenvalue weighted by atomic mass is 16.5. The largest absolute Gasteiger partial charge is 0.493 e. The summed E-state index contributed by atoms with van der Waals surface area (Å²) in [6, 6.07) is 7.31. The number of rotatable bonds is 2. The molecular weight excluding hydrogens is 220 g/mol. The predicted octanol–water partition coefficient (Wildman–Crippen LogP) is 2.68. The van der Waals surface area contributed by atoms with Crippen molar-refractivity contribution in [2.45, 2.75) is 0 Å². The molecule has 0 radical (unpaired) electrons. The van der Waals surface area contributed by atoms with Gasteiger partial charge in [-0.1, -0.05) is 5.16 Å². The molecule has 0 amide bonds. The van der Waals surface area contributed by atoms with Gasteiger partial charge >= 0.3 is 0 Å². The third-order valence-corrected chi connectivity index (χ3v) is 2.56. The Balaban J connectivity index is 2.23. The first kappa shape index (κ1) is 9.77. The van der Waals surface area contributed by atoms with Crippen molar-refractivity contribution in [3.05, 3.63) is 30.5 Å². The van der Waals surface area contributed by atoms with E-state index in [4.69, 9.17) is 19.4 Å². The van der Waals surface area contributed by atoms with E-state index in [2.05, 4.69) is 5.16 Å². The van der Waals surface area contributed by atoms with Crippen molar-refractivity contribution >= 4 is 16.9 Å². The average molecular weight is 230 g/mol. The molecule has 17 heavy (non-hydrogen) atoms. The van der Waals surface area contributed by atoms with Gasteiger partial charge in [-0.3, -0.25) is 0 Å². The molecule has 2 aromatic heterocycles. The predicted molar refractivity (Wildman–Crippen MR) is 62.7 cm³/mol. The number of methoxy groups -OCH3 is 1. The quantitative estimate of drug-likeness (QED) is 0.732. The van der Waals surface area contributed by atoms with Crippen LogP contribution in [0.15, 0.2) is 39.5 Å². The maximum absolute atomic E-state index is 5.50. The second-order valence-electron chi connectivity index (χ2n) is 3.63. The molecule has 0 atom stereocenters. The van der Waals surface area contributed by atoms with Crippen LogP contribution in [0.1, 0.15) is 0 Å². The Morgan fingerprint density at radius 2 is 2.18 bits per heavy atom. The van der Waals surface area contributed by atoms with Gasteiger partial charge in [0.1, 0.15) is 5.69 Å². The lowest BCUT2D eigenvalue weighted by molar-refractivity contribution is 0.410. The summed E-state index contributed by atoms with van der Waals surface area (Å²) in [5, 5.41) is 4.81. The van der Waals surface area contributed by atoms with Crippen LogP contribution in [0.25, 0.3) is 22.2 Å². The molecule has 0 unspecified atom stereocenters. The smallest absolute Gasteiger partial charge is 0.222 e. The first-order chi connectivity index (χ1) is 8.28. The van der Waals surface area contributed by atoms with Crippen molar-refractivity contribution in [3.8, 4) is 17.0 Å². The first-order valence-corrected chi connectivity index (χ1v) is 5.06. The highest BCUT2D eigenvalue weighted by molar-refractivity contribution is 5.88. The Bertz CT molecular complexity index is 669. The molecule has 3 aromatic rings. The molecule has 0 bridgehead atoms. The Morgan fingerprint density at radius 1 is 1.29 bits per heavy atom. The molecule has 0 aliphatic carbocycles. The van der Waals surface area contributed by atoms with Crippen molar-refractivity contribution < 1.29 is 13.7 Å². The zero-order valence-corrected chi connectivity index (χ0v) is 9.14. The van der Waals surface area contributed by atoms with Crippen LogP contribution in [-0.4, -0.2) is 12.3 Å². The van der Waals surface area contributed by atoms with Crippen LogP contribution in [0, 0.1) is 0 Å². The fourth-order valence-electron chi connectivity index (χ4n) is 1.77.